The molecule has 3 rings (SSSR count). The number of methoxy groups -OCH3 is 1. The summed E-state index contributed by atoms with van der Waals surface area (Å²) in [6, 6.07) is 4.35. The fourth-order valence-electron chi connectivity index (χ4n) is 3.14. The number of carbonyl (C=O) groups is 1. The summed E-state index contributed by atoms with van der Waals surface area (Å²) in [6.07, 6.45) is -2.68. The van der Waals surface area contributed by atoms with Crippen molar-refractivity contribution in [2.24, 2.45) is 0 Å². The summed E-state index contributed by atoms with van der Waals surface area (Å²) < 4.78 is 45.1. The molecule has 1 fully saturated rings. The number of allylic oxidation sites excluding steroid dienone is 1. The second-order valence-corrected chi connectivity index (χ2v) is 6.45. The number of esters is 1. The lowest BCUT2D eigenvalue weighted by atomic mass is 9.91. The standard InChI is InChI=1S/C17H17F3N2O2S/c1-9-13(15(23)24-2)14(21-16(25)22(9)10-7-8-10)11-5-3-4-6-12(11)17(18,19)20/h3-6,10,14H,7-8H2,1-2H3,(H,21,25). The molecule has 1 unspecified atom stereocenters. The smallest absolute Gasteiger partial charge is 0.416 e. The van der Waals surface area contributed by atoms with Gasteiger partial charge >= 0.3 is 12.1 Å². The highest BCUT2D eigenvalue weighted by Gasteiger charge is 2.43. The van der Waals surface area contributed by atoms with Gasteiger partial charge in [-0.05, 0) is 43.6 Å². The van der Waals surface area contributed by atoms with E-state index >= 15 is 0 Å². The Morgan fingerprint density at radius 3 is 2.52 bits per heavy atom. The minimum atomic E-state index is -4.54. The molecule has 0 bridgehead atoms. The summed E-state index contributed by atoms with van der Waals surface area (Å²) in [7, 11) is 1.21. The van der Waals surface area contributed by atoms with E-state index in [1.165, 1.54) is 25.3 Å². The summed E-state index contributed by atoms with van der Waals surface area (Å²) in [5, 5.41) is 3.24. The van der Waals surface area contributed by atoms with Gasteiger partial charge in [0.1, 0.15) is 0 Å². The van der Waals surface area contributed by atoms with Gasteiger partial charge in [0.2, 0.25) is 0 Å². The number of carbonyl (C=O) groups excluding carboxylic acids is 1. The van der Waals surface area contributed by atoms with Crippen molar-refractivity contribution in [3.63, 3.8) is 0 Å². The molecule has 0 aromatic heterocycles. The fraction of sp³-hybridized carbons (Fsp3) is 0.412. The average Bonchev–Trinajstić information content (AvgIpc) is 3.37. The molecule has 0 spiro atoms. The molecule has 1 aromatic rings. The third-order valence-electron chi connectivity index (χ3n) is 4.42. The normalized spacial score (nSPS) is 21.2. The van der Waals surface area contributed by atoms with E-state index in [0.29, 0.717) is 10.8 Å². The van der Waals surface area contributed by atoms with Crippen molar-refractivity contribution in [3.05, 3.63) is 46.7 Å². The lowest BCUT2D eigenvalue weighted by Gasteiger charge is -2.38. The molecule has 2 aliphatic rings. The highest BCUT2D eigenvalue weighted by Crippen LogP contribution is 2.41. The number of halogens is 3. The summed E-state index contributed by atoms with van der Waals surface area (Å²) in [6.45, 7) is 1.70. The van der Waals surface area contributed by atoms with Crippen molar-refractivity contribution in [1.29, 1.82) is 0 Å². The Morgan fingerprint density at radius 2 is 1.96 bits per heavy atom. The Bertz CT molecular complexity index is 757. The van der Waals surface area contributed by atoms with Gasteiger partial charge in [0.15, 0.2) is 5.11 Å². The van der Waals surface area contributed by atoms with Crippen molar-refractivity contribution >= 4 is 23.3 Å². The molecule has 1 aliphatic heterocycles. The van der Waals surface area contributed by atoms with Gasteiger partial charge in [-0.2, -0.15) is 13.2 Å². The van der Waals surface area contributed by atoms with Crippen LogP contribution in [0.15, 0.2) is 35.5 Å². The van der Waals surface area contributed by atoms with Gasteiger partial charge in [-0.3, -0.25) is 0 Å². The van der Waals surface area contributed by atoms with Crippen LogP contribution < -0.4 is 5.32 Å². The Balaban J connectivity index is 2.15. The van der Waals surface area contributed by atoms with Crippen molar-refractivity contribution in [2.75, 3.05) is 7.11 Å². The molecule has 134 valence electrons. The van der Waals surface area contributed by atoms with Crippen LogP contribution in [0.4, 0.5) is 13.2 Å². The van der Waals surface area contributed by atoms with Crippen LogP contribution in [0.2, 0.25) is 0 Å². The van der Waals surface area contributed by atoms with Gasteiger partial charge in [0.25, 0.3) is 0 Å². The molecule has 25 heavy (non-hydrogen) atoms. The molecule has 0 saturated heterocycles. The average molecular weight is 370 g/mol. The zero-order chi connectivity index (χ0) is 18.4. The van der Waals surface area contributed by atoms with Gasteiger partial charge in [-0.1, -0.05) is 18.2 Å². The molecule has 1 atom stereocenters. The van der Waals surface area contributed by atoms with E-state index in [2.05, 4.69) is 5.32 Å². The van der Waals surface area contributed by atoms with E-state index in [-0.39, 0.29) is 17.2 Å². The second-order valence-electron chi connectivity index (χ2n) is 6.06. The van der Waals surface area contributed by atoms with E-state index in [4.69, 9.17) is 17.0 Å². The van der Waals surface area contributed by atoms with Gasteiger partial charge in [0.05, 0.1) is 24.3 Å². The zero-order valence-corrected chi connectivity index (χ0v) is 14.5. The van der Waals surface area contributed by atoms with Crippen LogP contribution in [0, 0.1) is 0 Å². The Labute approximate surface area is 148 Å². The highest BCUT2D eigenvalue weighted by atomic mass is 32.1. The number of nitrogens with zero attached hydrogens (tertiary/aromatic N) is 1. The zero-order valence-electron chi connectivity index (χ0n) is 13.7. The third-order valence-corrected chi connectivity index (χ3v) is 4.74. The molecule has 1 aliphatic carbocycles. The first kappa shape index (κ1) is 17.7. The van der Waals surface area contributed by atoms with Gasteiger partial charge in [-0.15, -0.1) is 0 Å². The molecular weight excluding hydrogens is 353 g/mol. The van der Waals surface area contributed by atoms with E-state index in [1.54, 1.807) is 11.8 Å². The third kappa shape index (κ3) is 3.22. The predicted molar refractivity (Wildman–Crippen MR) is 89.5 cm³/mol. The monoisotopic (exact) mass is 370 g/mol. The Morgan fingerprint density at radius 1 is 1.32 bits per heavy atom. The molecule has 4 nitrogen and oxygen atoms in total. The molecule has 1 saturated carbocycles. The maximum absolute atomic E-state index is 13.4. The number of nitrogens with one attached hydrogen (secondary N) is 1. The highest BCUT2D eigenvalue weighted by molar-refractivity contribution is 7.80. The number of thiocarbonyl (C=S) groups is 1. The molecule has 0 radical (unpaired) electrons. The topological polar surface area (TPSA) is 41.6 Å². The summed E-state index contributed by atoms with van der Waals surface area (Å²) >= 11 is 5.36. The Hall–Kier alpha value is -2.09. The predicted octanol–water partition coefficient (Wildman–Crippen LogP) is 3.55. The van der Waals surface area contributed by atoms with Crippen LogP contribution >= 0.6 is 12.2 Å². The van der Waals surface area contributed by atoms with Crippen LogP contribution in [-0.2, 0) is 15.7 Å². The second kappa shape index (κ2) is 6.33. The van der Waals surface area contributed by atoms with Gasteiger partial charge < -0.3 is 15.0 Å². The molecule has 1 N–H and O–H groups in total. The summed E-state index contributed by atoms with van der Waals surface area (Å²) in [4.78, 5) is 14.1. The minimum absolute atomic E-state index is 0.0486. The number of alkyl halides is 3. The lowest BCUT2D eigenvalue weighted by molar-refractivity contribution is -0.140. The molecule has 0 amide bonds. The number of hydrogen-bond donors (Lipinski definition) is 1. The van der Waals surface area contributed by atoms with Crippen LogP contribution in [0.3, 0.4) is 0 Å². The molecule has 8 heteroatoms. The fourth-order valence-corrected chi connectivity index (χ4v) is 3.55. The van der Waals surface area contributed by atoms with Crippen molar-refractivity contribution in [1.82, 2.24) is 10.2 Å². The molecular formula is C17H17F3N2O2S. The van der Waals surface area contributed by atoms with Crippen LogP contribution in [0.1, 0.15) is 36.9 Å². The van der Waals surface area contributed by atoms with E-state index in [0.717, 1.165) is 18.9 Å². The first-order valence-corrected chi connectivity index (χ1v) is 8.21. The van der Waals surface area contributed by atoms with Gasteiger partial charge in [-0.25, -0.2) is 4.79 Å². The number of rotatable bonds is 3. The van der Waals surface area contributed by atoms with Crippen LogP contribution in [-0.4, -0.2) is 29.1 Å². The largest absolute Gasteiger partial charge is 0.466 e. The first-order valence-electron chi connectivity index (χ1n) is 7.80. The molecule has 1 aromatic carbocycles. The van der Waals surface area contributed by atoms with Gasteiger partial charge in [0, 0.05) is 11.7 Å². The number of benzene rings is 1. The van der Waals surface area contributed by atoms with E-state index in [9.17, 15) is 18.0 Å². The first-order chi connectivity index (χ1) is 11.8. The van der Waals surface area contributed by atoms with E-state index < -0.39 is 23.8 Å². The Kier molecular flexibility index (Phi) is 4.49. The van der Waals surface area contributed by atoms with Crippen molar-refractivity contribution in [3.8, 4) is 0 Å². The van der Waals surface area contributed by atoms with Crippen molar-refractivity contribution < 1.29 is 22.7 Å². The number of hydrogen-bond acceptors (Lipinski definition) is 3. The van der Waals surface area contributed by atoms with Crippen LogP contribution in [0.25, 0.3) is 0 Å². The summed E-state index contributed by atoms with van der Waals surface area (Å²) in [5.41, 5.74) is -0.156. The van der Waals surface area contributed by atoms with Crippen LogP contribution in [0.5, 0.6) is 0 Å². The summed E-state index contributed by atoms with van der Waals surface area (Å²) in [5.74, 6) is -0.667. The SMILES string of the molecule is COC(=O)C1=C(C)N(C2CC2)C(=S)NC1c1ccccc1C(F)(F)F. The van der Waals surface area contributed by atoms with Crippen molar-refractivity contribution in [2.45, 2.75) is 38.0 Å². The molecule has 1 heterocycles. The maximum atomic E-state index is 13.4. The number of ether oxygens (including phenoxy) is 1. The maximum Gasteiger partial charge on any atom is 0.416 e. The van der Waals surface area contributed by atoms with E-state index in [1.807, 2.05) is 0 Å². The quantitative estimate of drug-likeness (QED) is 0.651. The lowest BCUT2D eigenvalue weighted by Crippen LogP contribution is -2.49. The minimum Gasteiger partial charge on any atom is -0.466 e.